The summed E-state index contributed by atoms with van der Waals surface area (Å²) in [7, 11) is 0. The molecule has 0 aliphatic rings. The number of benzene rings is 1. The van der Waals surface area contributed by atoms with Crippen LogP contribution in [0, 0.1) is 0 Å². The summed E-state index contributed by atoms with van der Waals surface area (Å²) < 4.78 is 1.67. The SMILES string of the molecule is CC(=O)NCCn1c(=O)c(-c2cccs2)nc2ccccc21. The summed E-state index contributed by atoms with van der Waals surface area (Å²) >= 11 is 1.49. The first-order chi connectivity index (χ1) is 10.7. The minimum atomic E-state index is -0.133. The van der Waals surface area contributed by atoms with Gasteiger partial charge in [0.05, 0.1) is 15.9 Å². The van der Waals surface area contributed by atoms with E-state index >= 15 is 0 Å². The molecule has 3 aromatic rings. The van der Waals surface area contributed by atoms with E-state index in [9.17, 15) is 9.59 Å². The fourth-order valence-corrected chi connectivity index (χ4v) is 3.04. The summed E-state index contributed by atoms with van der Waals surface area (Å²) in [5.74, 6) is -0.107. The third-order valence-electron chi connectivity index (χ3n) is 3.32. The van der Waals surface area contributed by atoms with E-state index in [1.165, 1.54) is 18.3 Å². The van der Waals surface area contributed by atoms with Gasteiger partial charge in [-0.1, -0.05) is 18.2 Å². The Hall–Kier alpha value is -2.47. The first-order valence-electron chi connectivity index (χ1n) is 6.94. The molecule has 0 aliphatic carbocycles. The van der Waals surface area contributed by atoms with E-state index in [0.717, 1.165) is 15.9 Å². The second kappa shape index (κ2) is 6.11. The molecule has 112 valence electrons. The van der Waals surface area contributed by atoms with E-state index < -0.39 is 0 Å². The normalized spacial score (nSPS) is 10.8. The van der Waals surface area contributed by atoms with E-state index in [0.29, 0.717) is 18.8 Å². The maximum absolute atomic E-state index is 12.8. The first kappa shape index (κ1) is 14.5. The molecule has 0 atom stereocenters. The number of thiophene rings is 1. The van der Waals surface area contributed by atoms with Crippen molar-refractivity contribution in [2.24, 2.45) is 0 Å². The van der Waals surface area contributed by atoms with Gasteiger partial charge < -0.3 is 9.88 Å². The molecule has 0 bridgehead atoms. The maximum Gasteiger partial charge on any atom is 0.278 e. The van der Waals surface area contributed by atoms with Crippen molar-refractivity contribution in [1.29, 1.82) is 0 Å². The zero-order valence-electron chi connectivity index (χ0n) is 12.1. The number of fused-ring (bicyclic) bond motifs is 1. The smallest absolute Gasteiger partial charge is 0.278 e. The highest BCUT2D eigenvalue weighted by Crippen LogP contribution is 2.21. The molecule has 0 unspecified atom stereocenters. The Morgan fingerprint density at radius 2 is 2.09 bits per heavy atom. The predicted molar refractivity (Wildman–Crippen MR) is 88.0 cm³/mol. The molecule has 0 aliphatic heterocycles. The van der Waals surface area contributed by atoms with Crippen molar-refractivity contribution in [3.63, 3.8) is 0 Å². The predicted octanol–water partition coefficient (Wildman–Crippen LogP) is 2.26. The van der Waals surface area contributed by atoms with Crippen molar-refractivity contribution in [2.45, 2.75) is 13.5 Å². The topological polar surface area (TPSA) is 64.0 Å². The second-order valence-corrected chi connectivity index (χ2v) is 5.81. The molecule has 0 fully saturated rings. The van der Waals surface area contributed by atoms with Crippen LogP contribution in [0.2, 0.25) is 0 Å². The summed E-state index contributed by atoms with van der Waals surface area (Å²) in [6.07, 6.45) is 0. The largest absolute Gasteiger partial charge is 0.355 e. The van der Waals surface area contributed by atoms with Gasteiger partial charge in [0, 0.05) is 20.0 Å². The molecule has 0 spiro atoms. The van der Waals surface area contributed by atoms with E-state index in [1.54, 1.807) is 4.57 Å². The third kappa shape index (κ3) is 2.78. The zero-order chi connectivity index (χ0) is 15.5. The standard InChI is InChI=1S/C16H15N3O2S/c1-11(20)17-8-9-19-13-6-3-2-5-12(13)18-15(16(19)21)14-7-4-10-22-14/h2-7,10H,8-9H2,1H3,(H,17,20). The van der Waals surface area contributed by atoms with Gasteiger partial charge in [0.2, 0.25) is 5.91 Å². The number of nitrogens with one attached hydrogen (secondary N) is 1. The number of hydrogen-bond acceptors (Lipinski definition) is 4. The van der Waals surface area contributed by atoms with E-state index in [2.05, 4.69) is 10.3 Å². The number of nitrogens with zero attached hydrogens (tertiary/aromatic N) is 2. The number of hydrogen-bond donors (Lipinski definition) is 1. The highest BCUT2D eigenvalue weighted by molar-refractivity contribution is 7.13. The van der Waals surface area contributed by atoms with Crippen LogP contribution in [-0.2, 0) is 11.3 Å². The van der Waals surface area contributed by atoms with Gasteiger partial charge in [-0.25, -0.2) is 4.98 Å². The number of para-hydroxylation sites is 2. The van der Waals surface area contributed by atoms with E-state index in [-0.39, 0.29) is 11.5 Å². The fourth-order valence-electron chi connectivity index (χ4n) is 2.33. The van der Waals surface area contributed by atoms with Gasteiger partial charge in [0.25, 0.3) is 5.56 Å². The van der Waals surface area contributed by atoms with Crippen LogP contribution in [0.4, 0.5) is 0 Å². The molecule has 1 N–H and O–H groups in total. The minimum absolute atomic E-state index is 0.107. The van der Waals surface area contributed by atoms with Crippen molar-refractivity contribution >= 4 is 28.3 Å². The Morgan fingerprint density at radius 3 is 2.82 bits per heavy atom. The lowest BCUT2D eigenvalue weighted by atomic mass is 10.2. The second-order valence-electron chi connectivity index (χ2n) is 4.87. The molecule has 1 aromatic carbocycles. The fraction of sp³-hybridized carbons (Fsp3) is 0.188. The molecular formula is C16H15N3O2S. The highest BCUT2D eigenvalue weighted by atomic mass is 32.1. The van der Waals surface area contributed by atoms with Crippen LogP contribution < -0.4 is 10.9 Å². The average molecular weight is 313 g/mol. The number of carbonyl (C=O) groups is 1. The molecule has 0 saturated carbocycles. The number of carbonyl (C=O) groups excluding carboxylic acids is 1. The highest BCUT2D eigenvalue weighted by Gasteiger charge is 2.13. The van der Waals surface area contributed by atoms with Gasteiger partial charge in [-0.05, 0) is 23.6 Å². The molecule has 1 amide bonds. The number of aromatic nitrogens is 2. The average Bonchev–Trinajstić information content (AvgIpc) is 3.03. The summed E-state index contributed by atoms with van der Waals surface area (Å²) in [6.45, 7) is 2.29. The molecular weight excluding hydrogens is 298 g/mol. The number of amides is 1. The maximum atomic E-state index is 12.8. The quantitative estimate of drug-likeness (QED) is 0.803. The third-order valence-corrected chi connectivity index (χ3v) is 4.19. The van der Waals surface area contributed by atoms with Crippen LogP contribution in [0.1, 0.15) is 6.92 Å². The van der Waals surface area contributed by atoms with Crippen molar-refractivity contribution in [3.05, 3.63) is 52.1 Å². The summed E-state index contributed by atoms with van der Waals surface area (Å²) in [4.78, 5) is 29.1. The Bertz CT molecular complexity index is 869. The van der Waals surface area contributed by atoms with Gasteiger partial charge in [0.1, 0.15) is 5.69 Å². The van der Waals surface area contributed by atoms with Crippen molar-refractivity contribution in [3.8, 4) is 10.6 Å². The lowest BCUT2D eigenvalue weighted by Crippen LogP contribution is -2.30. The molecule has 5 nitrogen and oxygen atoms in total. The van der Waals surface area contributed by atoms with Crippen LogP contribution in [0.5, 0.6) is 0 Å². The molecule has 22 heavy (non-hydrogen) atoms. The zero-order valence-corrected chi connectivity index (χ0v) is 12.9. The number of rotatable bonds is 4. The Morgan fingerprint density at radius 1 is 1.27 bits per heavy atom. The summed E-state index contributed by atoms with van der Waals surface area (Å²) in [5.41, 5.74) is 1.87. The summed E-state index contributed by atoms with van der Waals surface area (Å²) in [6, 6.07) is 11.3. The van der Waals surface area contributed by atoms with Gasteiger partial charge in [-0.2, -0.15) is 0 Å². The molecule has 0 saturated heterocycles. The lowest BCUT2D eigenvalue weighted by Gasteiger charge is -2.12. The van der Waals surface area contributed by atoms with E-state index in [1.807, 2.05) is 41.8 Å². The van der Waals surface area contributed by atoms with Crippen LogP contribution in [0.25, 0.3) is 21.6 Å². The van der Waals surface area contributed by atoms with Crippen LogP contribution >= 0.6 is 11.3 Å². The van der Waals surface area contributed by atoms with Crippen LogP contribution in [0.15, 0.2) is 46.6 Å². The van der Waals surface area contributed by atoms with E-state index in [4.69, 9.17) is 0 Å². The van der Waals surface area contributed by atoms with Crippen molar-refractivity contribution in [1.82, 2.24) is 14.9 Å². The lowest BCUT2D eigenvalue weighted by molar-refractivity contribution is -0.118. The molecule has 3 rings (SSSR count). The Kier molecular flexibility index (Phi) is 4.02. The van der Waals surface area contributed by atoms with Gasteiger partial charge in [-0.15, -0.1) is 11.3 Å². The monoisotopic (exact) mass is 313 g/mol. The van der Waals surface area contributed by atoms with Crippen LogP contribution in [-0.4, -0.2) is 22.0 Å². The Balaban J connectivity index is 2.13. The first-order valence-corrected chi connectivity index (χ1v) is 7.82. The van der Waals surface area contributed by atoms with Gasteiger partial charge in [0.15, 0.2) is 0 Å². The van der Waals surface area contributed by atoms with Gasteiger partial charge >= 0.3 is 0 Å². The van der Waals surface area contributed by atoms with Gasteiger partial charge in [-0.3, -0.25) is 9.59 Å². The van der Waals surface area contributed by atoms with Crippen LogP contribution in [0.3, 0.4) is 0 Å². The molecule has 2 aromatic heterocycles. The molecule has 2 heterocycles. The summed E-state index contributed by atoms with van der Waals surface area (Å²) in [5, 5.41) is 4.65. The van der Waals surface area contributed by atoms with Crippen molar-refractivity contribution < 1.29 is 4.79 Å². The molecule has 6 heteroatoms. The van der Waals surface area contributed by atoms with Crippen molar-refractivity contribution in [2.75, 3.05) is 6.54 Å². The Labute approximate surface area is 131 Å². The molecule has 0 radical (unpaired) electrons. The minimum Gasteiger partial charge on any atom is -0.355 e.